The van der Waals surface area contributed by atoms with E-state index in [-0.39, 0.29) is 18.7 Å². The Morgan fingerprint density at radius 2 is 2.04 bits per heavy atom. The molecule has 0 aromatic carbocycles. The standard InChI is InChI=1S/C15H29N2O5PSSe/c1-13(2)22-23(25,16-19)24-12-11-21-14(18)15(3,4)5-6-17-7-9-20-10-8-17/h13H,5-12H2,1-4H3. The van der Waals surface area contributed by atoms with Gasteiger partial charge in [0.15, 0.2) is 0 Å². The van der Waals surface area contributed by atoms with E-state index in [1.165, 1.54) is 11.4 Å². The zero-order valence-electron chi connectivity index (χ0n) is 15.4. The van der Waals surface area contributed by atoms with Gasteiger partial charge in [-0.3, -0.25) is 0 Å². The molecule has 0 aliphatic carbocycles. The fourth-order valence-electron chi connectivity index (χ4n) is 2.19. The number of hydrogen-bond acceptors (Lipinski definition) is 8. The van der Waals surface area contributed by atoms with E-state index in [4.69, 9.17) is 14.0 Å². The molecule has 0 N–H and O–H groups in total. The van der Waals surface area contributed by atoms with Crippen LogP contribution in [0, 0.1) is 10.3 Å². The van der Waals surface area contributed by atoms with Crippen molar-refractivity contribution in [2.24, 2.45) is 10.4 Å². The van der Waals surface area contributed by atoms with E-state index in [1.54, 1.807) is 0 Å². The minimum atomic E-state index is -2.49. The van der Waals surface area contributed by atoms with Gasteiger partial charge >= 0.3 is 157 Å². The second-order valence-electron chi connectivity index (χ2n) is 6.76. The van der Waals surface area contributed by atoms with Crippen molar-refractivity contribution < 1.29 is 18.8 Å². The normalized spacial score (nSPS) is 18.8. The molecule has 0 spiro atoms. The number of ether oxygens (including phenoxy) is 2. The Hall–Kier alpha value is 0.249. The summed E-state index contributed by atoms with van der Waals surface area (Å²) in [5, 5.41) is -2.49. The predicted molar refractivity (Wildman–Crippen MR) is 104 cm³/mol. The Morgan fingerprint density at radius 3 is 2.60 bits per heavy atom. The van der Waals surface area contributed by atoms with Crippen LogP contribution in [0.25, 0.3) is 0 Å². The topological polar surface area (TPSA) is 77.4 Å². The maximum absolute atomic E-state index is 12.3. The van der Waals surface area contributed by atoms with Crippen molar-refractivity contribution in [2.45, 2.75) is 40.2 Å². The number of morpholine rings is 1. The summed E-state index contributed by atoms with van der Waals surface area (Å²) in [7, 11) is 0. The Labute approximate surface area is 162 Å². The number of nitrogens with zero attached hydrogens (tertiary/aromatic N) is 2. The molecule has 1 aliphatic heterocycles. The van der Waals surface area contributed by atoms with Gasteiger partial charge in [-0.05, 0) is 0 Å². The molecule has 1 fully saturated rings. The Morgan fingerprint density at radius 1 is 1.40 bits per heavy atom. The molecule has 1 unspecified atom stereocenters. The first-order valence-electron chi connectivity index (χ1n) is 8.44. The third kappa shape index (κ3) is 9.14. The first kappa shape index (κ1) is 23.3. The fourth-order valence-corrected chi connectivity index (χ4v) is 7.50. The third-order valence-electron chi connectivity index (χ3n) is 3.72. The van der Waals surface area contributed by atoms with Crippen LogP contribution in [0.1, 0.15) is 34.1 Å². The van der Waals surface area contributed by atoms with E-state index < -0.39 is 10.5 Å². The predicted octanol–water partition coefficient (Wildman–Crippen LogP) is 3.05. The van der Waals surface area contributed by atoms with E-state index in [2.05, 4.69) is 24.9 Å². The quantitative estimate of drug-likeness (QED) is 0.155. The van der Waals surface area contributed by atoms with Gasteiger partial charge in [0.2, 0.25) is 0 Å². The molecular weight excluding hydrogens is 430 g/mol. The molecule has 10 heteroatoms. The van der Waals surface area contributed by atoms with E-state index in [0.717, 1.165) is 39.3 Å². The SMILES string of the molecule is CC(C)OP(=[Se])(N=O)SCCOC(=O)C(C)(C)CCN1CCOCC1. The number of esters is 1. The average Bonchev–Trinajstić information content (AvgIpc) is 2.57. The molecule has 146 valence electrons. The number of rotatable bonds is 11. The number of carbonyl (C=O) groups is 1. The Bertz CT molecular complexity index is 487. The molecule has 0 amide bonds. The maximum atomic E-state index is 12.3. The van der Waals surface area contributed by atoms with Crippen molar-refractivity contribution in [3.05, 3.63) is 4.91 Å². The van der Waals surface area contributed by atoms with Crippen LogP contribution in [-0.4, -0.2) is 77.3 Å². The molecule has 0 aromatic rings. The average molecular weight is 459 g/mol. The molecule has 25 heavy (non-hydrogen) atoms. The summed E-state index contributed by atoms with van der Waals surface area (Å²) < 4.78 is 16.3. The first-order chi connectivity index (χ1) is 11.7. The zero-order valence-corrected chi connectivity index (χ0v) is 18.9. The minimum absolute atomic E-state index is 0.0820. The molecule has 1 rings (SSSR count). The molecular formula is C15H29N2O5PSSe. The molecule has 7 nitrogen and oxygen atoms in total. The van der Waals surface area contributed by atoms with Gasteiger partial charge in [-0.2, -0.15) is 0 Å². The molecule has 0 aromatic heterocycles. The second-order valence-corrected chi connectivity index (χ2v) is 15.7. The van der Waals surface area contributed by atoms with Gasteiger partial charge in [-0.15, -0.1) is 0 Å². The van der Waals surface area contributed by atoms with Crippen LogP contribution < -0.4 is 0 Å². The van der Waals surface area contributed by atoms with Gasteiger partial charge in [0.1, 0.15) is 0 Å². The van der Waals surface area contributed by atoms with Gasteiger partial charge in [-0.25, -0.2) is 0 Å². The van der Waals surface area contributed by atoms with E-state index >= 15 is 0 Å². The summed E-state index contributed by atoms with van der Waals surface area (Å²) in [6.07, 6.45) is 0.658. The zero-order chi connectivity index (χ0) is 18.9. The molecule has 0 bridgehead atoms. The van der Waals surface area contributed by atoms with Crippen LogP contribution in [0.4, 0.5) is 0 Å². The van der Waals surface area contributed by atoms with Crippen molar-refractivity contribution in [3.8, 4) is 0 Å². The van der Waals surface area contributed by atoms with Crippen LogP contribution in [0.2, 0.25) is 0 Å². The van der Waals surface area contributed by atoms with E-state index in [0.29, 0.717) is 5.75 Å². The van der Waals surface area contributed by atoms with Crippen molar-refractivity contribution in [1.29, 1.82) is 0 Å². The van der Waals surface area contributed by atoms with Crippen LogP contribution >= 0.6 is 16.5 Å². The first-order valence-corrected chi connectivity index (χ1v) is 13.9. The summed E-state index contributed by atoms with van der Waals surface area (Å²) >= 11 is 4.06. The van der Waals surface area contributed by atoms with Crippen molar-refractivity contribution in [2.75, 3.05) is 45.2 Å². The van der Waals surface area contributed by atoms with Crippen LogP contribution in [0.3, 0.4) is 0 Å². The van der Waals surface area contributed by atoms with Crippen molar-refractivity contribution >= 4 is 37.5 Å². The number of hydrogen-bond donors (Lipinski definition) is 0. The summed E-state index contributed by atoms with van der Waals surface area (Å²) in [5.41, 5.74) is -0.537. The summed E-state index contributed by atoms with van der Waals surface area (Å²) in [6.45, 7) is 12.0. The van der Waals surface area contributed by atoms with Crippen LogP contribution in [-0.2, 0) is 18.8 Å². The Kier molecular flexibility index (Phi) is 10.4. The summed E-state index contributed by atoms with van der Waals surface area (Å²) in [4.78, 5) is 28.7. The van der Waals surface area contributed by atoms with Crippen LogP contribution in [0.15, 0.2) is 4.95 Å². The number of carbonyl (C=O) groups excluding carboxylic acids is 1. The summed E-state index contributed by atoms with van der Waals surface area (Å²) in [6, 6.07) is 0. The van der Waals surface area contributed by atoms with Crippen molar-refractivity contribution in [1.82, 2.24) is 4.90 Å². The van der Waals surface area contributed by atoms with E-state index in [1.807, 2.05) is 27.7 Å². The van der Waals surface area contributed by atoms with Crippen molar-refractivity contribution in [3.63, 3.8) is 0 Å². The van der Waals surface area contributed by atoms with Gasteiger partial charge in [0, 0.05) is 0 Å². The monoisotopic (exact) mass is 460 g/mol. The molecule has 1 saturated heterocycles. The molecule has 0 saturated carbocycles. The van der Waals surface area contributed by atoms with Gasteiger partial charge in [0.05, 0.1) is 0 Å². The number of nitroso groups, excluding NO2 is 1. The molecule has 1 heterocycles. The molecule has 1 atom stereocenters. The molecule has 0 radical (unpaired) electrons. The van der Waals surface area contributed by atoms with Gasteiger partial charge in [-0.1, -0.05) is 0 Å². The van der Waals surface area contributed by atoms with Crippen LogP contribution in [0.5, 0.6) is 0 Å². The van der Waals surface area contributed by atoms with Gasteiger partial charge < -0.3 is 4.74 Å². The molecule has 1 aliphatic rings. The second kappa shape index (κ2) is 11.2. The Balaban J connectivity index is 2.31. The summed E-state index contributed by atoms with van der Waals surface area (Å²) in [5.74, 6) is 0.263. The van der Waals surface area contributed by atoms with E-state index in [9.17, 15) is 9.70 Å². The third-order valence-corrected chi connectivity index (χ3v) is 10.2. The fraction of sp³-hybridized carbons (Fsp3) is 0.933. The van der Waals surface area contributed by atoms with Gasteiger partial charge in [0.25, 0.3) is 0 Å².